The van der Waals surface area contributed by atoms with E-state index in [4.69, 9.17) is 16.3 Å². The summed E-state index contributed by atoms with van der Waals surface area (Å²) in [5, 5.41) is 10.6. The molecule has 1 N–H and O–H groups in total. The molecule has 0 radical (unpaired) electrons. The van der Waals surface area contributed by atoms with Crippen molar-refractivity contribution in [2.75, 3.05) is 7.11 Å². The maximum atomic E-state index is 13.6. The lowest BCUT2D eigenvalue weighted by Crippen LogP contribution is -2.08. The van der Waals surface area contributed by atoms with Crippen LogP contribution in [0.25, 0.3) is 0 Å². The highest BCUT2D eigenvalue weighted by atomic mass is 79.9. The first-order chi connectivity index (χ1) is 9.88. The predicted molar refractivity (Wildman–Crippen MR) is 85.6 cm³/mol. The van der Waals surface area contributed by atoms with Crippen molar-refractivity contribution in [2.24, 2.45) is 0 Å². The Morgan fingerprint density at radius 2 is 2.00 bits per heavy atom. The first kappa shape index (κ1) is 16.3. The smallest absolute Gasteiger partial charge is 0.142 e. The number of halogens is 3. The van der Waals surface area contributed by atoms with Gasteiger partial charge < -0.3 is 9.84 Å². The molecule has 112 valence electrons. The topological polar surface area (TPSA) is 29.5 Å². The second-order valence-electron chi connectivity index (χ2n) is 4.79. The second-order valence-corrected chi connectivity index (χ2v) is 6.03. The van der Waals surface area contributed by atoms with E-state index in [2.05, 4.69) is 15.9 Å². The summed E-state index contributed by atoms with van der Waals surface area (Å²) in [6.07, 6.45) is -1.07. The molecule has 5 heteroatoms. The molecule has 2 aromatic carbocycles. The van der Waals surface area contributed by atoms with Crippen LogP contribution in [-0.2, 0) is 0 Å². The zero-order chi connectivity index (χ0) is 15.7. The lowest BCUT2D eigenvalue weighted by Gasteiger charge is -2.21. The van der Waals surface area contributed by atoms with Gasteiger partial charge in [-0.3, -0.25) is 0 Å². The van der Waals surface area contributed by atoms with Crippen LogP contribution in [0.2, 0.25) is 5.02 Å². The average molecular weight is 374 g/mol. The van der Waals surface area contributed by atoms with Gasteiger partial charge in [-0.2, -0.15) is 0 Å². The number of methoxy groups -OCH3 is 1. The summed E-state index contributed by atoms with van der Waals surface area (Å²) >= 11 is 9.44. The SMILES string of the molecule is COc1c(C)cc(Br)c(C)c1C(O)c1cccc(F)c1Cl. The molecule has 0 saturated heterocycles. The van der Waals surface area contributed by atoms with E-state index in [0.29, 0.717) is 16.9 Å². The molecule has 1 atom stereocenters. The fourth-order valence-corrected chi connectivity index (χ4v) is 3.15. The number of benzene rings is 2. The number of hydrogen-bond donors (Lipinski definition) is 1. The highest BCUT2D eigenvalue weighted by Crippen LogP contribution is 2.40. The third kappa shape index (κ3) is 2.93. The minimum absolute atomic E-state index is 0.0796. The molecule has 2 nitrogen and oxygen atoms in total. The Morgan fingerprint density at radius 1 is 1.33 bits per heavy atom. The van der Waals surface area contributed by atoms with E-state index in [1.54, 1.807) is 13.2 Å². The van der Waals surface area contributed by atoms with E-state index in [0.717, 1.165) is 15.6 Å². The first-order valence-electron chi connectivity index (χ1n) is 6.34. The van der Waals surface area contributed by atoms with Crippen LogP contribution in [0.1, 0.15) is 28.4 Å². The van der Waals surface area contributed by atoms with Gasteiger partial charge in [-0.1, -0.05) is 39.7 Å². The zero-order valence-corrected chi connectivity index (χ0v) is 14.2. The van der Waals surface area contributed by atoms with Crippen LogP contribution in [-0.4, -0.2) is 12.2 Å². The van der Waals surface area contributed by atoms with Crippen molar-refractivity contribution in [3.63, 3.8) is 0 Å². The number of aliphatic hydroxyl groups is 1. The summed E-state index contributed by atoms with van der Waals surface area (Å²) in [5.74, 6) is 0.0140. The first-order valence-corrected chi connectivity index (χ1v) is 7.51. The standard InChI is InChI=1S/C16H15BrClFO2/c1-8-7-11(17)9(2)13(16(8)21-3)15(20)10-5-4-6-12(19)14(10)18/h4-7,15,20H,1-3H3. The van der Waals surface area contributed by atoms with Crippen LogP contribution < -0.4 is 4.74 Å². The van der Waals surface area contributed by atoms with E-state index in [1.807, 2.05) is 19.9 Å². The number of aryl methyl sites for hydroxylation is 1. The summed E-state index contributed by atoms with van der Waals surface area (Å²) in [6.45, 7) is 3.74. The Kier molecular flexibility index (Phi) is 4.91. The molecule has 0 amide bonds. The van der Waals surface area contributed by atoms with E-state index in [-0.39, 0.29) is 5.02 Å². The minimum atomic E-state index is -1.07. The molecule has 0 aromatic heterocycles. The molecule has 0 fully saturated rings. The Morgan fingerprint density at radius 3 is 2.62 bits per heavy atom. The Hall–Kier alpha value is -1.10. The van der Waals surface area contributed by atoms with Gasteiger partial charge >= 0.3 is 0 Å². The van der Waals surface area contributed by atoms with Gasteiger partial charge in [0, 0.05) is 15.6 Å². The predicted octanol–water partition coefficient (Wildman–Crippen LogP) is 4.95. The molecule has 0 heterocycles. The number of rotatable bonds is 3. The Bertz CT molecular complexity index is 688. The van der Waals surface area contributed by atoms with Crippen LogP contribution in [0, 0.1) is 19.7 Å². The van der Waals surface area contributed by atoms with Gasteiger partial charge in [-0.05, 0) is 37.1 Å². The molecule has 0 aliphatic heterocycles. The Balaban J connectivity index is 2.68. The van der Waals surface area contributed by atoms with E-state index >= 15 is 0 Å². The summed E-state index contributed by atoms with van der Waals surface area (Å²) < 4.78 is 19.9. The van der Waals surface area contributed by atoms with Crippen molar-refractivity contribution in [3.8, 4) is 5.75 Å². The summed E-state index contributed by atoms with van der Waals surface area (Å²) in [4.78, 5) is 0. The molecule has 0 bridgehead atoms. The van der Waals surface area contributed by atoms with Crippen molar-refractivity contribution in [2.45, 2.75) is 20.0 Å². The highest BCUT2D eigenvalue weighted by molar-refractivity contribution is 9.10. The van der Waals surface area contributed by atoms with Crippen LogP contribution >= 0.6 is 27.5 Å². The number of aliphatic hydroxyl groups excluding tert-OH is 1. The normalized spacial score (nSPS) is 12.3. The molecule has 2 aromatic rings. The van der Waals surface area contributed by atoms with Gasteiger partial charge in [0.2, 0.25) is 0 Å². The summed E-state index contributed by atoms with van der Waals surface area (Å²) in [7, 11) is 1.54. The molecule has 0 saturated carbocycles. The van der Waals surface area contributed by atoms with E-state index in [1.165, 1.54) is 12.1 Å². The molecule has 0 spiro atoms. The van der Waals surface area contributed by atoms with Gasteiger partial charge in [-0.15, -0.1) is 0 Å². The molecule has 1 unspecified atom stereocenters. The van der Waals surface area contributed by atoms with Crippen LogP contribution in [0.5, 0.6) is 5.75 Å². The third-order valence-corrected chi connectivity index (χ3v) is 4.68. The monoisotopic (exact) mass is 372 g/mol. The maximum absolute atomic E-state index is 13.6. The quantitative estimate of drug-likeness (QED) is 0.825. The molecule has 0 aliphatic rings. The van der Waals surface area contributed by atoms with Crippen molar-refractivity contribution >= 4 is 27.5 Å². The summed E-state index contributed by atoms with van der Waals surface area (Å²) in [6, 6.07) is 6.30. The van der Waals surface area contributed by atoms with Gasteiger partial charge in [0.05, 0.1) is 12.1 Å². The fourth-order valence-electron chi connectivity index (χ4n) is 2.36. The van der Waals surface area contributed by atoms with Crippen molar-refractivity contribution in [1.82, 2.24) is 0 Å². The lowest BCUT2D eigenvalue weighted by molar-refractivity contribution is 0.213. The fraction of sp³-hybridized carbons (Fsp3) is 0.250. The van der Waals surface area contributed by atoms with E-state index < -0.39 is 11.9 Å². The number of hydrogen-bond acceptors (Lipinski definition) is 2. The van der Waals surface area contributed by atoms with Gasteiger partial charge in [0.15, 0.2) is 0 Å². The summed E-state index contributed by atoms with van der Waals surface area (Å²) in [5.41, 5.74) is 2.59. The van der Waals surface area contributed by atoms with Gasteiger partial charge in [0.25, 0.3) is 0 Å². The minimum Gasteiger partial charge on any atom is -0.496 e. The molecular formula is C16H15BrClFO2. The molecule has 2 rings (SSSR count). The molecule has 21 heavy (non-hydrogen) atoms. The average Bonchev–Trinajstić information content (AvgIpc) is 2.44. The van der Waals surface area contributed by atoms with Crippen LogP contribution in [0.4, 0.5) is 4.39 Å². The largest absolute Gasteiger partial charge is 0.496 e. The van der Waals surface area contributed by atoms with Gasteiger partial charge in [0.1, 0.15) is 17.7 Å². The number of ether oxygens (including phenoxy) is 1. The van der Waals surface area contributed by atoms with Crippen molar-refractivity contribution in [3.05, 3.63) is 61.8 Å². The second kappa shape index (κ2) is 6.34. The highest BCUT2D eigenvalue weighted by Gasteiger charge is 2.24. The van der Waals surface area contributed by atoms with Gasteiger partial charge in [-0.25, -0.2) is 4.39 Å². The third-order valence-electron chi connectivity index (χ3n) is 3.46. The van der Waals surface area contributed by atoms with Crippen LogP contribution in [0.3, 0.4) is 0 Å². The molecular weight excluding hydrogens is 359 g/mol. The lowest BCUT2D eigenvalue weighted by atomic mass is 9.94. The van der Waals surface area contributed by atoms with Crippen LogP contribution in [0.15, 0.2) is 28.7 Å². The zero-order valence-electron chi connectivity index (χ0n) is 11.9. The molecule has 0 aliphatic carbocycles. The van der Waals surface area contributed by atoms with Crippen molar-refractivity contribution < 1.29 is 14.2 Å². The van der Waals surface area contributed by atoms with Crippen molar-refractivity contribution in [1.29, 1.82) is 0 Å². The maximum Gasteiger partial charge on any atom is 0.142 e. The van der Waals surface area contributed by atoms with E-state index in [9.17, 15) is 9.50 Å². The Labute approximate surface area is 136 Å².